The minimum atomic E-state index is 0.504. The number of hydrogen-bond acceptors (Lipinski definition) is 2. The fraction of sp³-hybridized carbons (Fsp3) is 0.300. The van der Waals surface area contributed by atoms with Crippen molar-refractivity contribution < 1.29 is 0 Å². The lowest BCUT2D eigenvalue weighted by Crippen LogP contribution is -2.34. The molecule has 0 radical (unpaired) electrons. The molecular formula is C10H10N2. The van der Waals surface area contributed by atoms with E-state index in [0.717, 1.165) is 6.54 Å². The molecule has 1 unspecified atom stereocenters. The second-order valence-electron chi connectivity index (χ2n) is 2.92. The monoisotopic (exact) mass is 158 g/mol. The second-order valence-corrected chi connectivity index (χ2v) is 2.92. The van der Waals surface area contributed by atoms with Crippen LogP contribution in [-0.2, 0) is 0 Å². The summed E-state index contributed by atoms with van der Waals surface area (Å²) >= 11 is 0. The quantitative estimate of drug-likeness (QED) is 0.619. The standard InChI is InChI=1S/C10H10N2/c1-2-9-4-3-8(7-12-9)10-5-6-11-10/h1,3-4,7,10-11H,5-6H2. The van der Waals surface area contributed by atoms with Gasteiger partial charge in [0.25, 0.3) is 0 Å². The largest absolute Gasteiger partial charge is 0.310 e. The van der Waals surface area contributed by atoms with Crippen LogP contribution in [0.15, 0.2) is 18.3 Å². The molecule has 1 N–H and O–H groups in total. The molecule has 2 heteroatoms. The Morgan fingerprint density at radius 2 is 2.42 bits per heavy atom. The van der Waals surface area contributed by atoms with E-state index in [-0.39, 0.29) is 0 Å². The molecule has 12 heavy (non-hydrogen) atoms. The lowest BCUT2D eigenvalue weighted by atomic mass is 10.00. The van der Waals surface area contributed by atoms with Gasteiger partial charge < -0.3 is 5.32 Å². The minimum Gasteiger partial charge on any atom is -0.310 e. The van der Waals surface area contributed by atoms with Gasteiger partial charge in [-0.1, -0.05) is 12.0 Å². The maximum Gasteiger partial charge on any atom is 0.112 e. The number of terminal acetylenes is 1. The first-order chi connectivity index (χ1) is 5.90. The van der Waals surface area contributed by atoms with E-state index in [2.05, 4.69) is 16.2 Å². The summed E-state index contributed by atoms with van der Waals surface area (Å²) in [5.41, 5.74) is 1.94. The van der Waals surface area contributed by atoms with E-state index < -0.39 is 0 Å². The van der Waals surface area contributed by atoms with Gasteiger partial charge in [0.2, 0.25) is 0 Å². The fourth-order valence-electron chi connectivity index (χ4n) is 1.27. The summed E-state index contributed by atoms with van der Waals surface area (Å²) in [6, 6.07) is 4.43. The number of aromatic nitrogens is 1. The Labute approximate surface area is 72.0 Å². The normalized spacial score (nSPS) is 21.1. The predicted octanol–water partition coefficient (Wildman–Crippen LogP) is 1.10. The molecule has 1 atom stereocenters. The summed E-state index contributed by atoms with van der Waals surface area (Å²) in [5, 5.41) is 3.31. The third-order valence-electron chi connectivity index (χ3n) is 2.16. The number of hydrogen-bond donors (Lipinski definition) is 1. The van der Waals surface area contributed by atoms with Gasteiger partial charge in [0.15, 0.2) is 0 Å². The summed E-state index contributed by atoms with van der Waals surface area (Å²) in [7, 11) is 0. The van der Waals surface area contributed by atoms with E-state index in [1.165, 1.54) is 12.0 Å². The zero-order valence-electron chi connectivity index (χ0n) is 6.75. The fourth-order valence-corrected chi connectivity index (χ4v) is 1.27. The molecule has 0 aliphatic carbocycles. The highest BCUT2D eigenvalue weighted by molar-refractivity contribution is 5.28. The molecule has 0 bridgehead atoms. The first-order valence-electron chi connectivity index (χ1n) is 4.06. The predicted molar refractivity (Wildman–Crippen MR) is 47.5 cm³/mol. The molecule has 1 aliphatic heterocycles. The van der Waals surface area contributed by atoms with Gasteiger partial charge in [-0.25, -0.2) is 4.98 Å². The van der Waals surface area contributed by atoms with Crippen LogP contribution in [0.25, 0.3) is 0 Å². The number of nitrogens with one attached hydrogen (secondary N) is 1. The molecule has 0 amide bonds. The van der Waals surface area contributed by atoms with Crippen LogP contribution in [0.1, 0.15) is 23.7 Å². The molecule has 0 spiro atoms. The number of rotatable bonds is 1. The molecule has 1 fully saturated rings. The molecule has 2 rings (SSSR count). The molecule has 60 valence electrons. The van der Waals surface area contributed by atoms with Crippen LogP contribution >= 0.6 is 0 Å². The van der Waals surface area contributed by atoms with Crippen molar-refractivity contribution in [3.8, 4) is 12.3 Å². The maximum absolute atomic E-state index is 5.19. The van der Waals surface area contributed by atoms with E-state index >= 15 is 0 Å². The van der Waals surface area contributed by atoms with E-state index in [1.54, 1.807) is 0 Å². The zero-order chi connectivity index (χ0) is 8.39. The Hall–Kier alpha value is -1.33. The van der Waals surface area contributed by atoms with Crippen LogP contribution in [0.3, 0.4) is 0 Å². The highest BCUT2D eigenvalue weighted by Crippen LogP contribution is 2.21. The first kappa shape index (κ1) is 7.33. The van der Waals surface area contributed by atoms with Gasteiger partial charge in [0.05, 0.1) is 0 Å². The first-order valence-corrected chi connectivity index (χ1v) is 4.06. The number of pyridine rings is 1. The summed E-state index contributed by atoms with van der Waals surface area (Å²) in [6.45, 7) is 1.11. The third kappa shape index (κ3) is 1.19. The van der Waals surface area contributed by atoms with Crippen molar-refractivity contribution in [3.63, 3.8) is 0 Å². The maximum atomic E-state index is 5.19. The average Bonchev–Trinajstić information content (AvgIpc) is 2.03. The smallest absolute Gasteiger partial charge is 0.112 e. The van der Waals surface area contributed by atoms with Gasteiger partial charge in [0, 0.05) is 12.2 Å². The third-order valence-corrected chi connectivity index (χ3v) is 2.16. The Morgan fingerprint density at radius 3 is 2.83 bits per heavy atom. The summed E-state index contributed by atoms with van der Waals surface area (Å²) in [5.74, 6) is 2.50. The highest BCUT2D eigenvalue weighted by Gasteiger charge is 2.17. The zero-order valence-corrected chi connectivity index (χ0v) is 6.75. The van der Waals surface area contributed by atoms with Crippen molar-refractivity contribution in [2.24, 2.45) is 0 Å². The van der Waals surface area contributed by atoms with Gasteiger partial charge in [-0.05, 0) is 24.6 Å². The van der Waals surface area contributed by atoms with Crippen molar-refractivity contribution in [1.82, 2.24) is 10.3 Å². The van der Waals surface area contributed by atoms with Crippen molar-refractivity contribution >= 4 is 0 Å². The SMILES string of the molecule is C#Cc1ccc(C2CCN2)cn1. The van der Waals surface area contributed by atoms with Gasteiger partial charge >= 0.3 is 0 Å². The Balaban J connectivity index is 2.19. The van der Waals surface area contributed by atoms with Gasteiger partial charge in [-0.15, -0.1) is 6.42 Å². The molecule has 0 aromatic carbocycles. The number of nitrogens with zero attached hydrogens (tertiary/aromatic N) is 1. The molecule has 2 heterocycles. The van der Waals surface area contributed by atoms with E-state index in [1.807, 2.05) is 18.3 Å². The molecule has 0 saturated carbocycles. The van der Waals surface area contributed by atoms with Gasteiger partial charge in [0.1, 0.15) is 5.69 Å². The second kappa shape index (κ2) is 2.96. The van der Waals surface area contributed by atoms with Crippen molar-refractivity contribution in [2.75, 3.05) is 6.54 Å². The molecular weight excluding hydrogens is 148 g/mol. The highest BCUT2D eigenvalue weighted by atomic mass is 15.0. The average molecular weight is 158 g/mol. The molecule has 1 saturated heterocycles. The lowest BCUT2D eigenvalue weighted by Gasteiger charge is -2.27. The summed E-state index contributed by atoms with van der Waals surface area (Å²) < 4.78 is 0. The Morgan fingerprint density at radius 1 is 1.58 bits per heavy atom. The van der Waals surface area contributed by atoms with Gasteiger partial charge in [-0.2, -0.15) is 0 Å². The van der Waals surface area contributed by atoms with Crippen LogP contribution in [0.2, 0.25) is 0 Å². The van der Waals surface area contributed by atoms with Crippen LogP contribution in [0.4, 0.5) is 0 Å². The molecule has 1 aromatic rings. The van der Waals surface area contributed by atoms with Crippen molar-refractivity contribution in [2.45, 2.75) is 12.5 Å². The van der Waals surface area contributed by atoms with Crippen LogP contribution in [-0.4, -0.2) is 11.5 Å². The summed E-state index contributed by atoms with van der Waals surface area (Å²) in [6.07, 6.45) is 8.25. The topological polar surface area (TPSA) is 24.9 Å². The molecule has 1 aromatic heterocycles. The Kier molecular flexibility index (Phi) is 1.81. The molecule has 1 aliphatic rings. The van der Waals surface area contributed by atoms with Gasteiger partial charge in [-0.3, -0.25) is 0 Å². The van der Waals surface area contributed by atoms with Crippen molar-refractivity contribution in [1.29, 1.82) is 0 Å². The molecule has 2 nitrogen and oxygen atoms in total. The van der Waals surface area contributed by atoms with Crippen LogP contribution in [0.5, 0.6) is 0 Å². The van der Waals surface area contributed by atoms with E-state index in [4.69, 9.17) is 6.42 Å². The Bertz CT molecular complexity index is 304. The van der Waals surface area contributed by atoms with E-state index in [0.29, 0.717) is 11.7 Å². The summed E-state index contributed by atoms with van der Waals surface area (Å²) in [4.78, 5) is 4.12. The minimum absolute atomic E-state index is 0.504. The lowest BCUT2D eigenvalue weighted by molar-refractivity contribution is 0.382. The van der Waals surface area contributed by atoms with E-state index in [9.17, 15) is 0 Å². The van der Waals surface area contributed by atoms with Crippen LogP contribution < -0.4 is 5.32 Å². The van der Waals surface area contributed by atoms with Crippen LogP contribution in [0, 0.1) is 12.3 Å². The van der Waals surface area contributed by atoms with Crippen molar-refractivity contribution in [3.05, 3.63) is 29.6 Å².